The molecule has 2 rings (SSSR count). The summed E-state index contributed by atoms with van der Waals surface area (Å²) in [5.74, 6) is 0.544. The fourth-order valence-corrected chi connectivity index (χ4v) is 2.29. The lowest BCUT2D eigenvalue weighted by Gasteiger charge is -2.09. The molecular formula is C11H11ClN2O2S. The first-order chi connectivity index (χ1) is 8.20. The van der Waals surface area contributed by atoms with Gasteiger partial charge >= 0.3 is 0 Å². The van der Waals surface area contributed by atoms with Crippen LogP contribution in [0.1, 0.15) is 4.88 Å². The molecule has 0 unspecified atom stereocenters. The fourth-order valence-electron chi connectivity index (χ4n) is 1.38. The molecule has 0 atom stereocenters. The maximum absolute atomic E-state index is 9.85. The van der Waals surface area contributed by atoms with Crippen molar-refractivity contribution in [3.8, 4) is 11.5 Å². The molecule has 0 aliphatic rings. The second-order valence-electron chi connectivity index (χ2n) is 3.29. The minimum absolute atomic E-state index is 0.102. The van der Waals surface area contributed by atoms with Gasteiger partial charge in [-0.3, -0.25) is 0 Å². The van der Waals surface area contributed by atoms with Gasteiger partial charge in [-0.15, -0.1) is 11.3 Å². The lowest BCUT2D eigenvalue weighted by atomic mass is 10.2. The van der Waals surface area contributed by atoms with Crippen molar-refractivity contribution in [2.45, 2.75) is 6.54 Å². The molecule has 1 aromatic heterocycles. The number of phenolic OH excluding ortho intramolecular Hbond substituents is 1. The highest BCUT2D eigenvalue weighted by atomic mass is 35.5. The van der Waals surface area contributed by atoms with Crippen LogP contribution in [0.25, 0.3) is 0 Å². The Morgan fingerprint density at radius 1 is 1.53 bits per heavy atom. The number of nitrogens with zero attached hydrogens (tertiary/aromatic N) is 1. The van der Waals surface area contributed by atoms with E-state index in [1.807, 2.05) is 0 Å². The van der Waals surface area contributed by atoms with Crippen molar-refractivity contribution in [3.05, 3.63) is 33.7 Å². The highest BCUT2D eigenvalue weighted by Crippen LogP contribution is 2.33. The van der Waals surface area contributed by atoms with E-state index >= 15 is 0 Å². The van der Waals surface area contributed by atoms with Gasteiger partial charge in [0.1, 0.15) is 0 Å². The summed E-state index contributed by atoms with van der Waals surface area (Å²) in [6.45, 7) is 0.561. The minimum atomic E-state index is 0.102. The van der Waals surface area contributed by atoms with Crippen LogP contribution in [0.4, 0.5) is 5.69 Å². The molecule has 1 heterocycles. The Morgan fingerprint density at radius 3 is 3.00 bits per heavy atom. The molecule has 90 valence electrons. The first-order valence-corrected chi connectivity index (χ1v) is 6.10. The Bertz CT molecular complexity index is 516. The third kappa shape index (κ3) is 2.81. The van der Waals surface area contributed by atoms with Crippen LogP contribution in [0.15, 0.2) is 24.4 Å². The predicted octanol–water partition coefficient (Wildman–Crippen LogP) is 3.12. The van der Waals surface area contributed by atoms with Gasteiger partial charge in [0.05, 0.1) is 19.3 Å². The molecule has 17 heavy (non-hydrogen) atoms. The molecule has 0 aliphatic heterocycles. The summed E-state index contributed by atoms with van der Waals surface area (Å²) < 4.78 is 5.53. The first kappa shape index (κ1) is 12.0. The number of anilines is 1. The van der Waals surface area contributed by atoms with Crippen LogP contribution in [0.5, 0.6) is 11.5 Å². The van der Waals surface area contributed by atoms with E-state index in [-0.39, 0.29) is 5.75 Å². The number of methoxy groups -OCH3 is 1. The first-order valence-electron chi connectivity index (χ1n) is 4.90. The summed E-state index contributed by atoms with van der Waals surface area (Å²) in [6, 6.07) is 5.28. The molecule has 0 aliphatic carbocycles. The topological polar surface area (TPSA) is 54.4 Å². The Kier molecular flexibility index (Phi) is 3.71. The maximum Gasteiger partial charge on any atom is 0.183 e. The van der Waals surface area contributed by atoms with Gasteiger partial charge < -0.3 is 15.2 Å². The molecule has 0 spiro atoms. The SMILES string of the molecule is COc1cccc(NCc2cnc(Cl)s2)c1O. The monoisotopic (exact) mass is 270 g/mol. The van der Waals surface area contributed by atoms with Crippen molar-refractivity contribution < 1.29 is 9.84 Å². The molecule has 0 saturated carbocycles. The van der Waals surface area contributed by atoms with Crippen molar-refractivity contribution in [2.75, 3.05) is 12.4 Å². The van der Waals surface area contributed by atoms with Gasteiger partial charge in [-0.1, -0.05) is 17.7 Å². The molecule has 0 amide bonds. The maximum atomic E-state index is 9.85. The van der Waals surface area contributed by atoms with Crippen LogP contribution in [-0.2, 0) is 6.54 Å². The molecule has 0 fully saturated rings. The summed E-state index contributed by atoms with van der Waals surface area (Å²) >= 11 is 7.13. The number of nitrogens with one attached hydrogen (secondary N) is 1. The third-order valence-corrected chi connectivity index (χ3v) is 3.31. The van der Waals surface area contributed by atoms with E-state index in [1.54, 1.807) is 24.4 Å². The number of thiazole rings is 1. The molecule has 6 heteroatoms. The van der Waals surface area contributed by atoms with E-state index in [4.69, 9.17) is 16.3 Å². The summed E-state index contributed by atoms with van der Waals surface area (Å²) in [7, 11) is 1.52. The van der Waals surface area contributed by atoms with Crippen LogP contribution in [0.3, 0.4) is 0 Å². The summed E-state index contributed by atoms with van der Waals surface area (Å²) in [5, 5.41) is 12.9. The van der Waals surface area contributed by atoms with Gasteiger partial charge in [0.2, 0.25) is 0 Å². The lowest BCUT2D eigenvalue weighted by molar-refractivity contribution is 0.374. The highest BCUT2D eigenvalue weighted by Gasteiger charge is 2.07. The number of hydrogen-bond donors (Lipinski definition) is 2. The molecule has 4 nitrogen and oxygen atoms in total. The fraction of sp³-hybridized carbons (Fsp3) is 0.182. The van der Waals surface area contributed by atoms with Gasteiger partial charge in [0, 0.05) is 11.1 Å². The molecule has 1 aromatic carbocycles. The Balaban J connectivity index is 2.09. The van der Waals surface area contributed by atoms with E-state index in [9.17, 15) is 5.11 Å². The average molecular weight is 271 g/mol. The van der Waals surface area contributed by atoms with Crippen molar-refractivity contribution >= 4 is 28.6 Å². The Morgan fingerprint density at radius 2 is 2.35 bits per heavy atom. The second kappa shape index (κ2) is 5.25. The number of ether oxygens (including phenoxy) is 1. The quantitative estimate of drug-likeness (QED) is 0.838. The molecular weight excluding hydrogens is 260 g/mol. The molecule has 0 bridgehead atoms. The summed E-state index contributed by atoms with van der Waals surface area (Å²) in [6.07, 6.45) is 1.71. The number of phenols is 1. The van der Waals surface area contributed by atoms with Gasteiger partial charge in [-0.2, -0.15) is 0 Å². The Hall–Kier alpha value is -1.46. The molecule has 0 radical (unpaired) electrons. The zero-order valence-corrected chi connectivity index (χ0v) is 10.7. The van der Waals surface area contributed by atoms with Gasteiger partial charge in [-0.25, -0.2) is 4.98 Å². The van der Waals surface area contributed by atoms with Crippen LogP contribution in [-0.4, -0.2) is 17.2 Å². The van der Waals surface area contributed by atoms with Crippen molar-refractivity contribution in [1.29, 1.82) is 0 Å². The Labute approximate surface area is 108 Å². The summed E-state index contributed by atoms with van der Waals surface area (Å²) in [4.78, 5) is 4.94. The van der Waals surface area contributed by atoms with Gasteiger partial charge in [-0.05, 0) is 12.1 Å². The molecule has 2 N–H and O–H groups in total. The lowest BCUT2D eigenvalue weighted by Crippen LogP contribution is -1.98. The van der Waals surface area contributed by atoms with E-state index in [2.05, 4.69) is 10.3 Å². The predicted molar refractivity (Wildman–Crippen MR) is 69.1 cm³/mol. The van der Waals surface area contributed by atoms with E-state index in [0.29, 0.717) is 22.4 Å². The highest BCUT2D eigenvalue weighted by molar-refractivity contribution is 7.15. The summed E-state index contributed by atoms with van der Waals surface area (Å²) in [5.41, 5.74) is 0.619. The van der Waals surface area contributed by atoms with Crippen LogP contribution in [0, 0.1) is 0 Å². The number of benzene rings is 1. The number of aromatic nitrogens is 1. The second-order valence-corrected chi connectivity index (χ2v) is 4.99. The largest absolute Gasteiger partial charge is 0.503 e. The van der Waals surface area contributed by atoms with Crippen molar-refractivity contribution in [2.24, 2.45) is 0 Å². The number of hydrogen-bond acceptors (Lipinski definition) is 5. The average Bonchev–Trinajstić information content (AvgIpc) is 2.74. The number of aromatic hydroxyl groups is 1. The van der Waals surface area contributed by atoms with E-state index < -0.39 is 0 Å². The smallest absolute Gasteiger partial charge is 0.183 e. The third-order valence-electron chi connectivity index (χ3n) is 2.20. The number of rotatable bonds is 4. The van der Waals surface area contributed by atoms with Crippen molar-refractivity contribution in [1.82, 2.24) is 4.98 Å². The van der Waals surface area contributed by atoms with Crippen LogP contribution >= 0.6 is 22.9 Å². The number of para-hydroxylation sites is 1. The standard InChI is InChI=1S/C11H11ClN2O2S/c1-16-9-4-2-3-8(10(9)15)13-5-7-6-14-11(12)17-7/h2-4,6,13,15H,5H2,1H3. The van der Waals surface area contributed by atoms with Crippen LogP contribution in [0.2, 0.25) is 4.47 Å². The van der Waals surface area contributed by atoms with Crippen LogP contribution < -0.4 is 10.1 Å². The van der Waals surface area contributed by atoms with Crippen molar-refractivity contribution in [3.63, 3.8) is 0 Å². The molecule has 2 aromatic rings. The zero-order chi connectivity index (χ0) is 12.3. The van der Waals surface area contributed by atoms with E-state index in [0.717, 1.165) is 4.88 Å². The normalized spacial score (nSPS) is 10.2. The van der Waals surface area contributed by atoms with E-state index in [1.165, 1.54) is 18.4 Å². The minimum Gasteiger partial charge on any atom is -0.503 e. The van der Waals surface area contributed by atoms with Gasteiger partial charge in [0.15, 0.2) is 16.0 Å². The van der Waals surface area contributed by atoms with Gasteiger partial charge in [0.25, 0.3) is 0 Å². The number of halogens is 1. The zero-order valence-electron chi connectivity index (χ0n) is 9.11. The molecule has 0 saturated heterocycles.